The number of para-hydroxylation sites is 1. The lowest BCUT2D eigenvalue weighted by Gasteiger charge is -2.20. The highest BCUT2D eigenvalue weighted by Crippen LogP contribution is 2.20. The zero-order valence-electron chi connectivity index (χ0n) is 12.6. The Kier molecular flexibility index (Phi) is 4.72. The Bertz CT molecular complexity index is 641. The van der Waals surface area contributed by atoms with Gasteiger partial charge in [0.15, 0.2) is 0 Å². The van der Waals surface area contributed by atoms with E-state index in [-0.39, 0.29) is 11.9 Å². The Morgan fingerprint density at radius 2 is 2.10 bits per heavy atom. The summed E-state index contributed by atoms with van der Waals surface area (Å²) in [6.45, 7) is 2.63. The van der Waals surface area contributed by atoms with Crippen molar-refractivity contribution in [2.75, 3.05) is 26.1 Å². The zero-order valence-corrected chi connectivity index (χ0v) is 12.6. The molecule has 0 saturated carbocycles. The summed E-state index contributed by atoms with van der Waals surface area (Å²) in [4.78, 5) is 18.8. The van der Waals surface area contributed by atoms with Gasteiger partial charge < -0.3 is 15.6 Å². The summed E-state index contributed by atoms with van der Waals surface area (Å²) in [5.74, 6) is 5.77. The Balaban J connectivity index is 2.29. The molecule has 0 saturated heterocycles. The average molecular weight is 287 g/mol. The lowest BCUT2D eigenvalue weighted by molar-refractivity contribution is 0.0945. The fourth-order valence-corrected chi connectivity index (χ4v) is 1.96. The summed E-state index contributed by atoms with van der Waals surface area (Å²) in [5.41, 5.74) is 3.80. The van der Waals surface area contributed by atoms with Crippen molar-refractivity contribution >= 4 is 22.6 Å². The normalized spacial score (nSPS) is 12.4. The molecule has 112 valence electrons. The van der Waals surface area contributed by atoms with Gasteiger partial charge in [-0.3, -0.25) is 4.79 Å². The minimum absolute atomic E-state index is 0.126. The van der Waals surface area contributed by atoms with Crippen LogP contribution in [0.3, 0.4) is 0 Å². The Morgan fingerprint density at radius 3 is 2.76 bits per heavy atom. The number of nitrogens with two attached hydrogens (primary N) is 1. The van der Waals surface area contributed by atoms with E-state index in [1.807, 2.05) is 38.4 Å². The molecule has 0 bridgehead atoms. The molecule has 1 amide bonds. The van der Waals surface area contributed by atoms with Gasteiger partial charge in [-0.2, -0.15) is 0 Å². The molecule has 0 fully saturated rings. The van der Waals surface area contributed by atoms with Crippen LogP contribution in [-0.4, -0.2) is 42.5 Å². The molecule has 0 aliphatic heterocycles. The number of rotatable bonds is 5. The number of likely N-dealkylation sites (N-methyl/N-ethyl adjacent to an activating group) is 1. The van der Waals surface area contributed by atoms with Gasteiger partial charge in [-0.25, -0.2) is 10.8 Å². The number of nitrogen functional groups attached to an aromatic ring is 1. The van der Waals surface area contributed by atoms with Crippen LogP contribution in [0.15, 0.2) is 30.3 Å². The molecule has 21 heavy (non-hydrogen) atoms. The predicted molar refractivity (Wildman–Crippen MR) is 85.0 cm³/mol. The summed E-state index contributed by atoms with van der Waals surface area (Å²) >= 11 is 0. The molecular formula is C15H21N5O. The summed E-state index contributed by atoms with van der Waals surface area (Å²) < 4.78 is 0. The van der Waals surface area contributed by atoms with Crippen molar-refractivity contribution in [2.45, 2.75) is 13.0 Å². The van der Waals surface area contributed by atoms with Crippen LogP contribution in [0.2, 0.25) is 0 Å². The van der Waals surface area contributed by atoms with Crippen LogP contribution in [0.25, 0.3) is 10.9 Å². The number of pyridine rings is 1. The molecule has 1 aromatic heterocycles. The van der Waals surface area contributed by atoms with Gasteiger partial charge in [0.25, 0.3) is 5.91 Å². The minimum atomic E-state index is -0.126. The van der Waals surface area contributed by atoms with Crippen LogP contribution in [0.1, 0.15) is 17.3 Å². The highest BCUT2D eigenvalue weighted by molar-refractivity contribution is 6.06. The number of carbonyl (C=O) groups is 1. The van der Waals surface area contributed by atoms with E-state index >= 15 is 0 Å². The molecule has 2 rings (SSSR count). The van der Waals surface area contributed by atoms with Crippen LogP contribution in [0.4, 0.5) is 5.82 Å². The Hall–Kier alpha value is -2.18. The average Bonchev–Trinajstić information content (AvgIpc) is 2.50. The standard InChI is InChI=1S/C15H21N5O/c1-10(20(2)3)9-17-15(21)12-8-14(19-16)18-13-7-5-4-6-11(12)13/h4-8,10H,9,16H2,1-3H3,(H,17,21)(H,18,19). The molecule has 0 aliphatic rings. The van der Waals surface area contributed by atoms with E-state index in [9.17, 15) is 4.79 Å². The van der Waals surface area contributed by atoms with E-state index in [0.29, 0.717) is 17.9 Å². The van der Waals surface area contributed by atoms with Crippen LogP contribution in [0.5, 0.6) is 0 Å². The molecule has 6 heteroatoms. The van der Waals surface area contributed by atoms with Crippen molar-refractivity contribution in [3.63, 3.8) is 0 Å². The topological polar surface area (TPSA) is 83.3 Å². The monoisotopic (exact) mass is 287 g/mol. The first kappa shape index (κ1) is 15.2. The maximum atomic E-state index is 12.4. The van der Waals surface area contributed by atoms with Crippen molar-refractivity contribution in [1.29, 1.82) is 0 Å². The third kappa shape index (κ3) is 3.48. The lowest BCUT2D eigenvalue weighted by Crippen LogP contribution is -2.38. The molecule has 1 atom stereocenters. The minimum Gasteiger partial charge on any atom is -0.350 e. The molecule has 4 N–H and O–H groups in total. The third-order valence-corrected chi connectivity index (χ3v) is 3.55. The van der Waals surface area contributed by atoms with Gasteiger partial charge in [0, 0.05) is 18.0 Å². The van der Waals surface area contributed by atoms with Crippen molar-refractivity contribution in [3.05, 3.63) is 35.9 Å². The number of hydrogen-bond acceptors (Lipinski definition) is 5. The second-order valence-corrected chi connectivity index (χ2v) is 5.24. The summed E-state index contributed by atoms with van der Waals surface area (Å²) in [7, 11) is 3.96. The molecule has 0 spiro atoms. The fraction of sp³-hybridized carbons (Fsp3) is 0.333. The number of hydrogen-bond donors (Lipinski definition) is 3. The number of fused-ring (bicyclic) bond motifs is 1. The van der Waals surface area contributed by atoms with Crippen molar-refractivity contribution < 1.29 is 4.79 Å². The van der Waals surface area contributed by atoms with Gasteiger partial charge in [-0.1, -0.05) is 18.2 Å². The second kappa shape index (κ2) is 6.51. The number of benzene rings is 1. The van der Waals surface area contributed by atoms with Crippen molar-refractivity contribution in [3.8, 4) is 0 Å². The quantitative estimate of drug-likeness (QED) is 0.568. The van der Waals surface area contributed by atoms with E-state index in [2.05, 4.69) is 27.6 Å². The second-order valence-electron chi connectivity index (χ2n) is 5.24. The predicted octanol–water partition coefficient (Wildman–Crippen LogP) is 1.20. The highest BCUT2D eigenvalue weighted by atomic mass is 16.1. The van der Waals surface area contributed by atoms with Gasteiger partial charge in [0.2, 0.25) is 0 Å². The fourth-order valence-electron chi connectivity index (χ4n) is 1.96. The first-order chi connectivity index (χ1) is 10.0. The van der Waals surface area contributed by atoms with E-state index < -0.39 is 0 Å². The maximum Gasteiger partial charge on any atom is 0.252 e. The van der Waals surface area contributed by atoms with Crippen LogP contribution < -0.4 is 16.6 Å². The van der Waals surface area contributed by atoms with Crippen molar-refractivity contribution in [1.82, 2.24) is 15.2 Å². The van der Waals surface area contributed by atoms with E-state index in [4.69, 9.17) is 5.84 Å². The molecule has 1 unspecified atom stereocenters. The van der Waals surface area contributed by atoms with Crippen LogP contribution >= 0.6 is 0 Å². The summed E-state index contributed by atoms with van der Waals surface area (Å²) in [6, 6.07) is 9.43. The summed E-state index contributed by atoms with van der Waals surface area (Å²) in [6.07, 6.45) is 0. The number of nitrogens with zero attached hydrogens (tertiary/aromatic N) is 2. The first-order valence-electron chi connectivity index (χ1n) is 6.84. The number of aromatic nitrogens is 1. The van der Waals surface area contributed by atoms with Gasteiger partial charge in [-0.05, 0) is 33.2 Å². The summed E-state index contributed by atoms with van der Waals surface area (Å²) in [5, 5.41) is 3.76. The molecule has 0 aliphatic carbocycles. The lowest BCUT2D eigenvalue weighted by atomic mass is 10.1. The maximum absolute atomic E-state index is 12.4. The SMILES string of the molecule is CC(CNC(=O)c1cc(NN)nc2ccccc12)N(C)C. The molecular weight excluding hydrogens is 266 g/mol. The van der Waals surface area contributed by atoms with Gasteiger partial charge in [-0.15, -0.1) is 0 Å². The molecule has 1 heterocycles. The molecule has 1 aromatic carbocycles. The zero-order chi connectivity index (χ0) is 15.4. The Labute approximate surface area is 124 Å². The van der Waals surface area contributed by atoms with Crippen LogP contribution in [0, 0.1) is 0 Å². The van der Waals surface area contributed by atoms with Crippen LogP contribution in [-0.2, 0) is 0 Å². The number of hydrazine groups is 1. The number of nitrogens with one attached hydrogen (secondary N) is 2. The molecule has 6 nitrogen and oxygen atoms in total. The first-order valence-corrected chi connectivity index (χ1v) is 6.84. The third-order valence-electron chi connectivity index (χ3n) is 3.55. The van der Waals surface area contributed by atoms with Gasteiger partial charge in [0.1, 0.15) is 5.82 Å². The number of amides is 1. The smallest absolute Gasteiger partial charge is 0.252 e. The van der Waals surface area contributed by atoms with Gasteiger partial charge in [0.05, 0.1) is 11.1 Å². The molecule has 2 aromatic rings. The largest absolute Gasteiger partial charge is 0.350 e. The van der Waals surface area contributed by atoms with E-state index in [1.54, 1.807) is 6.07 Å². The number of carbonyl (C=O) groups excluding carboxylic acids is 1. The van der Waals surface area contributed by atoms with E-state index in [1.165, 1.54) is 0 Å². The van der Waals surface area contributed by atoms with Crippen molar-refractivity contribution in [2.24, 2.45) is 5.84 Å². The number of anilines is 1. The van der Waals surface area contributed by atoms with E-state index in [0.717, 1.165) is 10.9 Å². The van der Waals surface area contributed by atoms with Gasteiger partial charge >= 0.3 is 0 Å². The molecule has 0 radical (unpaired) electrons. The highest BCUT2D eigenvalue weighted by Gasteiger charge is 2.14. The Morgan fingerprint density at radius 1 is 1.38 bits per heavy atom.